The summed E-state index contributed by atoms with van der Waals surface area (Å²) in [6.07, 6.45) is 8.17. The molecule has 0 aromatic carbocycles. The lowest BCUT2D eigenvalue weighted by Crippen LogP contribution is -2.48. The Kier molecular flexibility index (Phi) is 7.84. The Bertz CT molecular complexity index is 880. The molecule has 192 valence electrons. The van der Waals surface area contributed by atoms with Crippen LogP contribution in [0, 0.1) is 5.41 Å². The Balaban J connectivity index is 1.13. The second kappa shape index (κ2) is 11.2. The second-order valence-corrected chi connectivity index (χ2v) is 10.5. The second-order valence-electron chi connectivity index (χ2n) is 10.5. The lowest BCUT2D eigenvalue weighted by Gasteiger charge is -2.36. The van der Waals surface area contributed by atoms with E-state index in [9.17, 15) is 4.79 Å². The summed E-state index contributed by atoms with van der Waals surface area (Å²) in [5.74, 6) is 1.18. The van der Waals surface area contributed by atoms with E-state index in [-0.39, 0.29) is 17.7 Å². The fraction of sp³-hybridized carbons (Fsp3) is 0.731. The molecule has 4 aliphatic rings. The minimum absolute atomic E-state index is 0.0223. The summed E-state index contributed by atoms with van der Waals surface area (Å²) in [6.45, 7) is 8.25. The van der Waals surface area contributed by atoms with Gasteiger partial charge in [-0.25, -0.2) is 4.98 Å². The van der Waals surface area contributed by atoms with Crippen LogP contribution < -0.4 is 15.5 Å². The molecule has 0 aliphatic carbocycles. The number of ether oxygens (including phenoxy) is 1. The lowest BCUT2D eigenvalue weighted by molar-refractivity contribution is -0.115. The molecule has 4 fully saturated rings. The molecule has 9 heteroatoms. The predicted octanol–water partition coefficient (Wildman–Crippen LogP) is 1.93. The molecule has 0 saturated carbocycles. The standard InChI is InChI=1S/C26H41N7O2/c1-28-25-22(7-8-23(30-25)33-20-5-6-21(33)18-35-17-20)24(27)26(34)29-19-9-13-32(14-10-19)16-15-31-11-3-2-4-12-31/h7-8,19-21,27H,2-6,9-18H2,1H3,(H,28,30)(H,29,34). The SMILES string of the molecule is CNc1nc(N2C3CCC2COC3)ccc1C(=N)C(=O)NC1CCN(CCN2CCCCC2)CC1. The normalized spacial score (nSPS) is 26.0. The van der Waals surface area contributed by atoms with Gasteiger partial charge in [0.15, 0.2) is 0 Å². The van der Waals surface area contributed by atoms with Crippen molar-refractivity contribution in [2.24, 2.45) is 0 Å². The van der Waals surface area contributed by atoms with Crippen LogP contribution in [0.25, 0.3) is 0 Å². The number of carbonyl (C=O) groups is 1. The molecule has 35 heavy (non-hydrogen) atoms. The van der Waals surface area contributed by atoms with Gasteiger partial charge in [0.05, 0.1) is 25.3 Å². The maximum absolute atomic E-state index is 13.0. The zero-order valence-corrected chi connectivity index (χ0v) is 21.1. The number of piperidine rings is 2. The fourth-order valence-corrected chi connectivity index (χ4v) is 6.13. The molecular formula is C26H41N7O2. The van der Waals surface area contributed by atoms with E-state index in [2.05, 4.69) is 25.3 Å². The summed E-state index contributed by atoms with van der Waals surface area (Å²) in [5, 5.41) is 14.8. The first-order valence-corrected chi connectivity index (χ1v) is 13.5. The van der Waals surface area contributed by atoms with E-state index in [0.29, 0.717) is 23.5 Å². The number of amides is 1. The molecule has 1 aromatic heterocycles. The van der Waals surface area contributed by atoms with Gasteiger partial charge in [0.1, 0.15) is 17.3 Å². The number of hydrogen-bond donors (Lipinski definition) is 3. The highest BCUT2D eigenvalue weighted by atomic mass is 16.5. The number of morpholine rings is 1. The summed E-state index contributed by atoms with van der Waals surface area (Å²) in [4.78, 5) is 25.2. The third-order valence-electron chi connectivity index (χ3n) is 8.22. The quantitative estimate of drug-likeness (QED) is 0.486. The van der Waals surface area contributed by atoms with E-state index in [0.717, 1.165) is 70.9 Å². The summed E-state index contributed by atoms with van der Waals surface area (Å²) in [7, 11) is 1.80. The molecule has 3 N–H and O–H groups in total. The van der Waals surface area contributed by atoms with Crippen LogP contribution in [0.4, 0.5) is 11.6 Å². The summed E-state index contributed by atoms with van der Waals surface area (Å²) >= 11 is 0. The number of anilines is 2. The highest BCUT2D eigenvalue weighted by Gasteiger charge is 2.38. The van der Waals surface area contributed by atoms with Crippen molar-refractivity contribution in [3.05, 3.63) is 17.7 Å². The fourth-order valence-electron chi connectivity index (χ4n) is 6.13. The number of rotatable bonds is 8. The number of hydrogen-bond acceptors (Lipinski definition) is 8. The minimum atomic E-state index is -0.311. The smallest absolute Gasteiger partial charge is 0.270 e. The Morgan fingerprint density at radius 2 is 1.66 bits per heavy atom. The van der Waals surface area contributed by atoms with E-state index < -0.39 is 0 Å². The molecule has 1 aromatic rings. The number of fused-ring (bicyclic) bond motifs is 2. The van der Waals surface area contributed by atoms with Crippen LogP contribution in [0.2, 0.25) is 0 Å². The van der Waals surface area contributed by atoms with Gasteiger partial charge in [0.2, 0.25) is 0 Å². The van der Waals surface area contributed by atoms with Gasteiger partial charge in [-0.3, -0.25) is 10.2 Å². The van der Waals surface area contributed by atoms with Gasteiger partial charge in [-0.2, -0.15) is 0 Å². The number of pyridine rings is 1. The molecule has 4 aliphatic heterocycles. The highest BCUT2D eigenvalue weighted by molar-refractivity contribution is 6.45. The van der Waals surface area contributed by atoms with Gasteiger partial charge in [0, 0.05) is 44.8 Å². The van der Waals surface area contributed by atoms with E-state index in [1.54, 1.807) is 7.05 Å². The molecule has 1 amide bonds. The van der Waals surface area contributed by atoms with Crippen LogP contribution in [0.1, 0.15) is 50.5 Å². The Morgan fingerprint density at radius 3 is 2.31 bits per heavy atom. The van der Waals surface area contributed by atoms with Crippen molar-refractivity contribution in [2.45, 2.75) is 63.1 Å². The predicted molar refractivity (Wildman–Crippen MR) is 139 cm³/mol. The van der Waals surface area contributed by atoms with Crippen LogP contribution >= 0.6 is 0 Å². The maximum atomic E-state index is 13.0. The van der Waals surface area contributed by atoms with Crippen LogP contribution in [-0.2, 0) is 9.53 Å². The molecule has 0 radical (unpaired) electrons. The zero-order chi connectivity index (χ0) is 24.2. The molecule has 9 nitrogen and oxygen atoms in total. The molecule has 4 saturated heterocycles. The first-order valence-electron chi connectivity index (χ1n) is 13.5. The Labute approximate surface area is 209 Å². The summed E-state index contributed by atoms with van der Waals surface area (Å²) in [6, 6.07) is 4.68. The van der Waals surface area contributed by atoms with E-state index >= 15 is 0 Å². The molecule has 2 atom stereocenters. The van der Waals surface area contributed by atoms with Gasteiger partial charge >= 0.3 is 0 Å². The molecule has 5 rings (SSSR count). The van der Waals surface area contributed by atoms with Crippen LogP contribution in [0.5, 0.6) is 0 Å². The maximum Gasteiger partial charge on any atom is 0.270 e. The first-order chi connectivity index (χ1) is 17.1. The third kappa shape index (κ3) is 5.62. The third-order valence-corrected chi connectivity index (χ3v) is 8.22. The van der Waals surface area contributed by atoms with Crippen molar-refractivity contribution >= 4 is 23.3 Å². The lowest BCUT2D eigenvalue weighted by atomic mass is 10.0. The van der Waals surface area contributed by atoms with Crippen LogP contribution in [0.3, 0.4) is 0 Å². The summed E-state index contributed by atoms with van der Waals surface area (Å²) in [5.41, 5.74) is 0.527. The van der Waals surface area contributed by atoms with Gasteiger partial charge < -0.3 is 30.1 Å². The van der Waals surface area contributed by atoms with Crippen molar-refractivity contribution in [1.82, 2.24) is 20.1 Å². The van der Waals surface area contributed by atoms with E-state index in [4.69, 9.17) is 15.1 Å². The van der Waals surface area contributed by atoms with Crippen molar-refractivity contribution in [1.29, 1.82) is 5.41 Å². The zero-order valence-electron chi connectivity index (χ0n) is 21.1. The van der Waals surface area contributed by atoms with Gasteiger partial charge in [-0.15, -0.1) is 0 Å². The number of aromatic nitrogens is 1. The van der Waals surface area contributed by atoms with Gasteiger partial charge in [-0.05, 0) is 63.7 Å². The first kappa shape index (κ1) is 24.5. The topological polar surface area (TPSA) is 96.8 Å². The largest absolute Gasteiger partial charge is 0.377 e. The Morgan fingerprint density at radius 1 is 1.00 bits per heavy atom. The molecule has 5 heterocycles. The average molecular weight is 484 g/mol. The van der Waals surface area contributed by atoms with Crippen molar-refractivity contribution in [3.63, 3.8) is 0 Å². The van der Waals surface area contributed by atoms with Crippen LogP contribution in [0.15, 0.2) is 12.1 Å². The van der Waals surface area contributed by atoms with E-state index in [1.165, 1.54) is 32.4 Å². The molecule has 2 bridgehead atoms. The van der Waals surface area contributed by atoms with Gasteiger partial charge in [0.25, 0.3) is 5.91 Å². The molecule has 2 unspecified atom stereocenters. The highest BCUT2D eigenvalue weighted by Crippen LogP contribution is 2.34. The van der Waals surface area contributed by atoms with Gasteiger partial charge in [-0.1, -0.05) is 6.42 Å². The number of nitrogens with zero attached hydrogens (tertiary/aromatic N) is 4. The minimum Gasteiger partial charge on any atom is -0.377 e. The van der Waals surface area contributed by atoms with E-state index in [1.807, 2.05) is 12.1 Å². The van der Waals surface area contributed by atoms with Crippen LogP contribution in [-0.4, -0.2) is 104 Å². The number of likely N-dealkylation sites (tertiary alicyclic amines) is 2. The average Bonchev–Trinajstić information content (AvgIpc) is 3.15. The molecular weight excluding hydrogens is 442 g/mol. The Hall–Kier alpha value is -2.23. The number of carbonyl (C=O) groups excluding carboxylic acids is 1. The monoisotopic (exact) mass is 483 g/mol. The van der Waals surface area contributed by atoms with Crippen molar-refractivity contribution in [3.8, 4) is 0 Å². The number of nitrogens with one attached hydrogen (secondary N) is 3. The molecule has 0 spiro atoms. The van der Waals surface area contributed by atoms with Crippen molar-refractivity contribution < 1.29 is 9.53 Å². The summed E-state index contributed by atoms with van der Waals surface area (Å²) < 4.78 is 5.70. The van der Waals surface area contributed by atoms with Crippen molar-refractivity contribution in [2.75, 3.05) is 69.7 Å².